The monoisotopic (exact) mass is 806 g/mol. The van der Waals surface area contributed by atoms with Crippen LogP contribution in [0.4, 0.5) is 0 Å². The summed E-state index contributed by atoms with van der Waals surface area (Å²) < 4.78 is 13.3. The van der Waals surface area contributed by atoms with E-state index >= 15 is 0 Å². The Labute approximate surface area is 318 Å². The van der Waals surface area contributed by atoms with Crippen molar-refractivity contribution in [2.45, 2.75) is 0 Å². The lowest BCUT2D eigenvalue weighted by atomic mass is 9.96. The summed E-state index contributed by atoms with van der Waals surface area (Å²) in [4.78, 5) is 19.5. The fourth-order valence-electron chi connectivity index (χ4n) is 7.17. The summed E-state index contributed by atoms with van der Waals surface area (Å²) >= 11 is -2.19. The van der Waals surface area contributed by atoms with Gasteiger partial charge in [0.2, 0.25) is 0 Å². The van der Waals surface area contributed by atoms with Crippen LogP contribution in [0, 0.1) is 0 Å². The lowest BCUT2D eigenvalue weighted by Gasteiger charge is -2.16. The van der Waals surface area contributed by atoms with E-state index in [-0.39, 0.29) is 0 Å². The van der Waals surface area contributed by atoms with Crippen molar-refractivity contribution in [3.8, 4) is 33.4 Å². The maximum Gasteiger partial charge on any atom is 0.161 e. The zero-order valence-electron chi connectivity index (χ0n) is 29.0. The Kier molecular flexibility index (Phi) is 8.03. The number of benzene rings is 7. The predicted octanol–water partition coefficient (Wildman–Crippen LogP) is 11.9. The topological polar surface area (TPSA) is 63.6 Å². The summed E-state index contributed by atoms with van der Waals surface area (Å²) in [6.45, 7) is 0. The number of fused-ring (bicyclic) bond motifs is 5. The number of rotatable bonds is 6. The van der Waals surface area contributed by atoms with Gasteiger partial charge in [-0.1, -0.05) is 169 Å². The number of aromatic nitrogens is 2. The Bertz CT molecular complexity index is 3030. The first kappa shape index (κ1) is 32.2. The van der Waals surface area contributed by atoms with Crippen molar-refractivity contribution in [2.75, 3.05) is 0 Å². The highest BCUT2D eigenvalue weighted by molar-refractivity contribution is 14.2. The number of hydrogen-bond acceptors (Lipinski definition) is 5. The number of amidine groups is 1. The molecule has 0 fully saturated rings. The molecular weight excluding hydrogens is 775 g/mol. The minimum Gasteiger partial charge on any atom is -0.455 e. The zero-order valence-corrected chi connectivity index (χ0v) is 31.2. The van der Waals surface area contributed by atoms with Gasteiger partial charge in [0.25, 0.3) is 0 Å². The molecule has 1 aliphatic rings. The predicted molar refractivity (Wildman–Crippen MR) is 234 cm³/mol. The van der Waals surface area contributed by atoms with Crippen LogP contribution in [0.3, 0.4) is 0 Å². The third kappa shape index (κ3) is 5.72. The molecular formula is C48H31IN4O. The van der Waals surface area contributed by atoms with Crippen molar-refractivity contribution in [2.24, 2.45) is 9.98 Å². The van der Waals surface area contributed by atoms with E-state index in [1.165, 1.54) is 11.1 Å². The van der Waals surface area contributed by atoms with Gasteiger partial charge in [-0.05, 0) is 46.0 Å². The smallest absolute Gasteiger partial charge is 0.161 e. The molecule has 0 atom stereocenters. The lowest BCUT2D eigenvalue weighted by Crippen LogP contribution is -2.12. The maximum atomic E-state index is 6.47. The summed E-state index contributed by atoms with van der Waals surface area (Å²) in [7, 11) is 0. The molecule has 0 aliphatic carbocycles. The lowest BCUT2D eigenvalue weighted by molar-refractivity contribution is 0.670. The van der Waals surface area contributed by atoms with Crippen molar-refractivity contribution >= 4 is 69.4 Å². The highest BCUT2D eigenvalue weighted by Gasteiger charge is 2.19. The van der Waals surface area contributed by atoms with Crippen molar-refractivity contribution in [1.29, 1.82) is 0 Å². The normalized spacial score (nSPS) is 13.4. The molecule has 0 spiro atoms. The van der Waals surface area contributed by atoms with E-state index in [9.17, 15) is 0 Å². The quantitative estimate of drug-likeness (QED) is 0.157. The second-order valence-electron chi connectivity index (χ2n) is 13.1. The van der Waals surface area contributed by atoms with Crippen LogP contribution in [0.1, 0.15) is 16.7 Å². The van der Waals surface area contributed by atoms with Crippen molar-refractivity contribution in [3.63, 3.8) is 0 Å². The number of nitrogens with zero attached hydrogens (tertiary/aromatic N) is 4. The van der Waals surface area contributed by atoms with Crippen molar-refractivity contribution in [3.05, 3.63) is 193 Å². The van der Waals surface area contributed by atoms with Gasteiger partial charge in [0.15, 0.2) is 5.84 Å². The number of para-hydroxylation sites is 1. The minimum atomic E-state index is -2.19. The first-order valence-corrected chi connectivity index (χ1v) is 21.4. The number of furan rings is 1. The minimum absolute atomic E-state index is 0.706. The molecule has 0 radical (unpaired) electrons. The number of halogens is 1. The van der Waals surface area contributed by atoms with E-state index in [4.69, 9.17) is 18.9 Å². The molecule has 3 heterocycles. The molecule has 0 N–H and O–H groups in total. The molecule has 2 aromatic heterocycles. The van der Waals surface area contributed by atoms with Gasteiger partial charge in [0.1, 0.15) is 24.8 Å². The zero-order chi connectivity index (χ0) is 36.0. The molecule has 54 heavy (non-hydrogen) atoms. The Morgan fingerprint density at radius 3 is 1.91 bits per heavy atom. The van der Waals surface area contributed by atoms with E-state index in [0.717, 1.165) is 79.1 Å². The molecule has 0 bridgehead atoms. The number of aliphatic imine (C=N–C) groups is 2. The van der Waals surface area contributed by atoms with Gasteiger partial charge < -0.3 is 4.42 Å². The second-order valence-corrected chi connectivity index (χ2v) is 17.3. The molecule has 5 nitrogen and oxygen atoms in total. The van der Waals surface area contributed by atoms with E-state index in [0.29, 0.717) is 5.84 Å². The van der Waals surface area contributed by atoms with Gasteiger partial charge in [0.05, 0.1) is 10.9 Å². The third-order valence-corrected chi connectivity index (χ3v) is 14.0. The van der Waals surface area contributed by atoms with Gasteiger partial charge in [0, 0.05) is 39.2 Å². The Hall–Kier alpha value is -6.51. The molecule has 6 heteroatoms. The Balaban J connectivity index is 1.03. The molecule has 9 aromatic rings. The fourth-order valence-corrected chi connectivity index (χ4v) is 10.9. The summed E-state index contributed by atoms with van der Waals surface area (Å²) in [6, 6.07) is 57.1. The molecule has 7 aromatic carbocycles. The third-order valence-electron chi connectivity index (χ3n) is 9.85. The molecule has 0 amide bonds. The van der Waals surface area contributed by atoms with E-state index in [1.807, 2.05) is 36.5 Å². The summed E-state index contributed by atoms with van der Waals surface area (Å²) in [6.07, 6.45) is 3.47. The summed E-state index contributed by atoms with van der Waals surface area (Å²) in [5, 5.41) is 3.04. The largest absolute Gasteiger partial charge is 0.455 e. The van der Waals surface area contributed by atoms with Crippen LogP contribution in [0.2, 0.25) is 0 Å². The standard InChI is InChI=1S/C48H31IN4O/c1-49-46(35-13-6-3-7-14-35)52-48(53-47(49)36-25-21-32(22-26-36)31-11-4-2-5-12-31)38-16-10-15-37(27-38)33-19-23-34(24-20-33)41-28-39-29-50-30-51-44(39)43-40-17-8-9-18-42(40)54-45(41)43/h2-30H,1H2. The van der Waals surface area contributed by atoms with E-state index < -0.39 is 18.9 Å². The average molecular weight is 807 g/mol. The van der Waals surface area contributed by atoms with Gasteiger partial charge >= 0.3 is 0 Å². The van der Waals surface area contributed by atoms with E-state index in [2.05, 4.69) is 143 Å². The number of hydrogen-bond donors (Lipinski definition) is 0. The average Bonchev–Trinajstić information content (AvgIpc) is 3.64. The highest BCUT2D eigenvalue weighted by Crippen LogP contribution is 2.40. The molecule has 0 unspecified atom stereocenters. The maximum absolute atomic E-state index is 6.47. The van der Waals surface area contributed by atoms with Crippen LogP contribution in [-0.2, 0) is 0 Å². The van der Waals surface area contributed by atoms with Gasteiger partial charge in [-0.25, -0.2) is 20.0 Å². The first-order valence-electron chi connectivity index (χ1n) is 17.7. The molecule has 256 valence electrons. The van der Waals surface area contributed by atoms with Crippen molar-refractivity contribution < 1.29 is 4.42 Å². The second kappa shape index (κ2) is 13.5. The van der Waals surface area contributed by atoms with Crippen LogP contribution >= 0.6 is 18.9 Å². The summed E-state index contributed by atoms with van der Waals surface area (Å²) in [5.74, 6) is 0.706. The molecule has 0 saturated carbocycles. The first-order chi connectivity index (χ1) is 26.7. The molecule has 1 aliphatic heterocycles. The fraction of sp³-hybridized carbons (Fsp3) is 0. The Morgan fingerprint density at radius 2 is 1.13 bits per heavy atom. The molecule has 10 rings (SSSR count). The van der Waals surface area contributed by atoms with Crippen LogP contribution in [0.25, 0.3) is 66.2 Å². The van der Waals surface area contributed by atoms with E-state index in [1.54, 1.807) is 6.33 Å². The van der Waals surface area contributed by atoms with Gasteiger partial charge in [-0.3, -0.25) is 0 Å². The van der Waals surface area contributed by atoms with Gasteiger partial charge in [-0.2, -0.15) is 0 Å². The Morgan fingerprint density at radius 1 is 0.519 bits per heavy atom. The molecule has 0 saturated heterocycles. The SMILES string of the molecule is C=I1=C(c2ccc(-c3ccccc3)cc2)N=C(c2cccc(-c3ccc(-c4cc5cncnc5c5c4oc4ccccc45)cc3)c2)N=C1c1ccccc1. The summed E-state index contributed by atoms with van der Waals surface area (Å²) in [5.41, 5.74) is 12.4. The highest BCUT2D eigenvalue weighted by atomic mass is 127. The van der Waals surface area contributed by atoms with Gasteiger partial charge in [-0.15, -0.1) is 0 Å². The van der Waals surface area contributed by atoms with Crippen LogP contribution in [-0.4, -0.2) is 27.7 Å². The van der Waals surface area contributed by atoms with Crippen LogP contribution in [0.5, 0.6) is 0 Å². The van der Waals surface area contributed by atoms with Crippen LogP contribution < -0.4 is 0 Å². The van der Waals surface area contributed by atoms with Crippen molar-refractivity contribution in [1.82, 2.24) is 9.97 Å². The van der Waals surface area contributed by atoms with Crippen LogP contribution in [0.15, 0.2) is 191 Å².